The smallest absolute Gasteiger partial charge is 0.0507 e. The first kappa shape index (κ1) is 14.3. The first-order valence-corrected chi connectivity index (χ1v) is 8.73. The number of fused-ring (bicyclic) bond motifs is 5. The van der Waals surface area contributed by atoms with Crippen molar-refractivity contribution in [3.05, 3.63) is 83.9 Å². The molecule has 0 aliphatic heterocycles. The highest BCUT2D eigenvalue weighted by molar-refractivity contribution is 6.24. The average Bonchev–Trinajstić information content (AvgIpc) is 3.04. The molecule has 1 aromatic heterocycles. The van der Waals surface area contributed by atoms with E-state index in [-0.39, 0.29) is 0 Å². The summed E-state index contributed by atoms with van der Waals surface area (Å²) < 4.78 is 0. The second-order valence-corrected chi connectivity index (χ2v) is 6.78. The van der Waals surface area contributed by atoms with Gasteiger partial charge in [-0.2, -0.15) is 0 Å². The summed E-state index contributed by atoms with van der Waals surface area (Å²) in [4.78, 5) is 3.67. The normalized spacial score (nSPS) is 11.6. The van der Waals surface area contributed by atoms with Gasteiger partial charge < -0.3 is 4.98 Å². The van der Waals surface area contributed by atoms with Crippen molar-refractivity contribution in [2.75, 3.05) is 0 Å². The number of aromatic nitrogens is 1. The lowest BCUT2D eigenvalue weighted by Crippen LogP contribution is -1.91. The summed E-state index contributed by atoms with van der Waals surface area (Å²) in [6.07, 6.45) is 0. The highest BCUT2D eigenvalue weighted by Gasteiger charge is 2.17. The van der Waals surface area contributed by atoms with E-state index in [4.69, 9.17) is 0 Å². The van der Waals surface area contributed by atoms with Gasteiger partial charge in [0.1, 0.15) is 0 Å². The summed E-state index contributed by atoms with van der Waals surface area (Å²) in [6, 6.07) is 26.0. The quantitative estimate of drug-likeness (QED) is 0.351. The molecule has 5 aromatic rings. The molecule has 0 fully saturated rings. The van der Waals surface area contributed by atoms with Crippen LogP contribution in [0.5, 0.6) is 0 Å². The Balaban J connectivity index is 2.07. The van der Waals surface area contributed by atoms with Gasteiger partial charge in [0.05, 0.1) is 5.52 Å². The third kappa shape index (κ3) is 1.96. The monoisotopic (exact) mass is 321 g/mol. The van der Waals surface area contributed by atoms with Gasteiger partial charge >= 0.3 is 0 Å². The summed E-state index contributed by atoms with van der Waals surface area (Å²) >= 11 is 0. The molecule has 0 bridgehead atoms. The molecule has 0 spiro atoms. The lowest BCUT2D eigenvalue weighted by molar-refractivity contribution is 1.42. The van der Waals surface area contributed by atoms with Crippen molar-refractivity contribution in [3.63, 3.8) is 0 Å². The Bertz CT molecular complexity index is 1260. The van der Waals surface area contributed by atoms with E-state index >= 15 is 0 Å². The van der Waals surface area contributed by atoms with Crippen LogP contribution in [-0.4, -0.2) is 4.98 Å². The molecule has 0 saturated carbocycles. The maximum Gasteiger partial charge on any atom is 0.0507 e. The van der Waals surface area contributed by atoms with E-state index in [0.717, 1.165) is 0 Å². The van der Waals surface area contributed by atoms with Gasteiger partial charge in [-0.3, -0.25) is 0 Å². The van der Waals surface area contributed by atoms with E-state index < -0.39 is 0 Å². The summed E-state index contributed by atoms with van der Waals surface area (Å²) in [5, 5.41) is 5.28. The first-order valence-electron chi connectivity index (χ1n) is 8.73. The largest absolute Gasteiger partial charge is 0.354 e. The number of nitrogens with one attached hydrogen (secondary N) is 1. The van der Waals surface area contributed by atoms with Crippen molar-refractivity contribution in [2.24, 2.45) is 0 Å². The molecule has 25 heavy (non-hydrogen) atoms. The SMILES string of the molecule is Cc1ccccc1-c1c(C)c2[nH]c3ccccc3c2c2ccccc12. The second-order valence-electron chi connectivity index (χ2n) is 6.78. The van der Waals surface area contributed by atoms with E-state index in [9.17, 15) is 0 Å². The molecule has 0 radical (unpaired) electrons. The number of para-hydroxylation sites is 1. The van der Waals surface area contributed by atoms with Gasteiger partial charge in [-0.05, 0) is 52.9 Å². The molecule has 0 unspecified atom stereocenters. The molecular formula is C24H19N. The highest BCUT2D eigenvalue weighted by atomic mass is 14.7. The molecule has 0 aliphatic carbocycles. The topological polar surface area (TPSA) is 15.8 Å². The van der Waals surface area contributed by atoms with E-state index in [1.54, 1.807) is 0 Å². The zero-order valence-corrected chi connectivity index (χ0v) is 14.4. The van der Waals surface area contributed by atoms with Gasteiger partial charge in [-0.15, -0.1) is 0 Å². The van der Waals surface area contributed by atoms with E-state index in [0.29, 0.717) is 0 Å². The number of H-pyrrole nitrogens is 1. The van der Waals surface area contributed by atoms with Crippen LogP contribution in [0.25, 0.3) is 43.7 Å². The molecule has 1 heteroatoms. The molecule has 0 aliphatic rings. The standard InChI is InChI=1S/C24H19N/c1-15-9-3-4-10-17(15)22-16(2)24-23(19-12-6-5-11-18(19)22)20-13-7-8-14-21(20)25-24/h3-14,25H,1-2H3. The van der Waals surface area contributed by atoms with Crippen LogP contribution < -0.4 is 0 Å². The van der Waals surface area contributed by atoms with Crippen LogP contribution in [-0.2, 0) is 0 Å². The van der Waals surface area contributed by atoms with Gasteiger partial charge in [0, 0.05) is 16.3 Å². The molecule has 0 atom stereocenters. The predicted octanol–water partition coefficient (Wildman–Crippen LogP) is 6.76. The number of aryl methyl sites for hydroxylation is 2. The van der Waals surface area contributed by atoms with Crippen molar-refractivity contribution < 1.29 is 0 Å². The maximum atomic E-state index is 3.67. The molecule has 5 rings (SSSR count). The molecule has 120 valence electrons. The summed E-state index contributed by atoms with van der Waals surface area (Å²) in [5.41, 5.74) is 7.74. The molecule has 0 amide bonds. The number of hydrogen-bond donors (Lipinski definition) is 1. The summed E-state index contributed by atoms with van der Waals surface area (Å²) in [5.74, 6) is 0. The second kappa shape index (κ2) is 5.22. The third-order valence-corrected chi connectivity index (χ3v) is 5.34. The van der Waals surface area contributed by atoms with Crippen LogP contribution in [0.15, 0.2) is 72.8 Å². The minimum atomic E-state index is 1.20. The van der Waals surface area contributed by atoms with Crippen LogP contribution >= 0.6 is 0 Å². The van der Waals surface area contributed by atoms with Crippen molar-refractivity contribution >= 4 is 32.6 Å². The minimum Gasteiger partial charge on any atom is -0.354 e. The predicted molar refractivity (Wildman–Crippen MR) is 108 cm³/mol. The fourth-order valence-electron chi connectivity index (χ4n) is 4.15. The molecule has 4 aromatic carbocycles. The van der Waals surface area contributed by atoms with Crippen LogP contribution in [0, 0.1) is 13.8 Å². The highest BCUT2D eigenvalue weighted by Crippen LogP contribution is 2.42. The van der Waals surface area contributed by atoms with Gasteiger partial charge in [0.25, 0.3) is 0 Å². The van der Waals surface area contributed by atoms with Gasteiger partial charge in [0.2, 0.25) is 0 Å². The molecular weight excluding hydrogens is 302 g/mol. The van der Waals surface area contributed by atoms with Crippen molar-refractivity contribution in [3.8, 4) is 11.1 Å². The first-order chi connectivity index (χ1) is 12.3. The molecule has 1 nitrogen and oxygen atoms in total. The number of rotatable bonds is 1. The number of hydrogen-bond acceptors (Lipinski definition) is 0. The van der Waals surface area contributed by atoms with E-state index in [1.165, 1.54) is 54.8 Å². The fourth-order valence-corrected chi connectivity index (χ4v) is 4.15. The van der Waals surface area contributed by atoms with Crippen molar-refractivity contribution in [2.45, 2.75) is 13.8 Å². The van der Waals surface area contributed by atoms with Crippen molar-refractivity contribution in [1.82, 2.24) is 4.98 Å². The average molecular weight is 321 g/mol. The fraction of sp³-hybridized carbons (Fsp3) is 0.0833. The Labute approximate surface area is 146 Å². The van der Waals surface area contributed by atoms with Crippen molar-refractivity contribution in [1.29, 1.82) is 0 Å². The lowest BCUT2D eigenvalue weighted by atomic mass is 9.89. The Kier molecular flexibility index (Phi) is 2.98. The zero-order valence-electron chi connectivity index (χ0n) is 14.4. The van der Waals surface area contributed by atoms with E-state index in [2.05, 4.69) is 91.6 Å². The van der Waals surface area contributed by atoms with Crippen LogP contribution in [0.1, 0.15) is 11.1 Å². The number of benzene rings is 4. The van der Waals surface area contributed by atoms with Crippen LogP contribution in [0.2, 0.25) is 0 Å². The van der Waals surface area contributed by atoms with Gasteiger partial charge in [-0.1, -0.05) is 66.7 Å². The molecule has 1 heterocycles. The molecule has 0 saturated heterocycles. The summed E-state index contributed by atoms with van der Waals surface area (Å²) in [7, 11) is 0. The Morgan fingerprint density at radius 1 is 0.640 bits per heavy atom. The Morgan fingerprint density at radius 3 is 2.08 bits per heavy atom. The number of aromatic amines is 1. The van der Waals surface area contributed by atoms with Crippen LogP contribution in [0.4, 0.5) is 0 Å². The zero-order chi connectivity index (χ0) is 17.0. The third-order valence-electron chi connectivity index (χ3n) is 5.34. The Hall–Kier alpha value is -3.06. The Morgan fingerprint density at radius 2 is 1.28 bits per heavy atom. The van der Waals surface area contributed by atoms with Crippen LogP contribution in [0.3, 0.4) is 0 Å². The van der Waals surface area contributed by atoms with Gasteiger partial charge in [0.15, 0.2) is 0 Å². The lowest BCUT2D eigenvalue weighted by Gasteiger charge is -2.15. The van der Waals surface area contributed by atoms with E-state index in [1.807, 2.05) is 0 Å². The molecule has 1 N–H and O–H groups in total. The summed E-state index contributed by atoms with van der Waals surface area (Å²) in [6.45, 7) is 4.44. The van der Waals surface area contributed by atoms with Gasteiger partial charge in [-0.25, -0.2) is 0 Å². The minimum absolute atomic E-state index is 1.20. The maximum absolute atomic E-state index is 3.67.